The average Bonchev–Trinajstić information content (AvgIpc) is 2.51. The smallest absolute Gasteiger partial charge is 0.120 e. The molecule has 0 aliphatic carbocycles. The van der Waals surface area contributed by atoms with E-state index in [4.69, 9.17) is 0 Å². The third-order valence-electron chi connectivity index (χ3n) is 3.32. The number of nitrogens with zero attached hydrogens (tertiary/aromatic N) is 1. The molecule has 0 radical (unpaired) electrons. The van der Waals surface area contributed by atoms with Crippen molar-refractivity contribution in [3.05, 3.63) is 65.7 Å². The van der Waals surface area contributed by atoms with E-state index in [1.807, 2.05) is 18.2 Å². The van der Waals surface area contributed by atoms with Crippen molar-refractivity contribution >= 4 is 5.69 Å². The van der Waals surface area contributed by atoms with Crippen LogP contribution in [-0.2, 0) is 6.54 Å². The molecular formula is C20H23NO. The van der Waals surface area contributed by atoms with Crippen LogP contribution in [0.3, 0.4) is 0 Å². The van der Waals surface area contributed by atoms with E-state index >= 15 is 0 Å². The summed E-state index contributed by atoms with van der Waals surface area (Å²) >= 11 is 0. The molecule has 2 aromatic carbocycles. The second kappa shape index (κ2) is 7.15. The Morgan fingerprint density at radius 1 is 1.05 bits per heavy atom. The van der Waals surface area contributed by atoms with Crippen molar-refractivity contribution in [1.29, 1.82) is 0 Å². The molecular weight excluding hydrogens is 270 g/mol. The van der Waals surface area contributed by atoms with Gasteiger partial charge < -0.3 is 10.0 Å². The highest BCUT2D eigenvalue weighted by Crippen LogP contribution is 2.17. The molecule has 0 saturated carbocycles. The van der Waals surface area contributed by atoms with Crippen LogP contribution in [0.2, 0.25) is 0 Å². The van der Waals surface area contributed by atoms with Crippen molar-refractivity contribution < 1.29 is 5.11 Å². The summed E-state index contributed by atoms with van der Waals surface area (Å²) in [5.74, 6) is 5.89. The molecule has 0 aliphatic heterocycles. The fourth-order valence-electron chi connectivity index (χ4n) is 2.22. The first-order valence-electron chi connectivity index (χ1n) is 7.62. The van der Waals surface area contributed by atoms with Crippen LogP contribution < -0.4 is 4.90 Å². The minimum atomic E-state index is -0.963. The monoisotopic (exact) mass is 293 g/mol. The molecule has 2 aromatic rings. The van der Waals surface area contributed by atoms with Crippen LogP contribution in [-0.4, -0.2) is 17.3 Å². The van der Waals surface area contributed by atoms with Gasteiger partial charge in [-0.2, -0.15) is 0 Å². The Balaban J connectivity index is 2.17. The Morgan fingerprint density at radius 2 is 1.77 bits per heavy atom. The molecule has 1 N–H and O–H groups in total. The SMILES string of the molecule is CCN(Cc1cccc(C#CC(C)(C)O)c1)c1ccccc1. The average molecular weight is 293 g/mol. The van der Waals surface area contributed by atoms with E-state index in [2.05, 4.69) is 60.1 Å². The van der Waals surface area contributed by atoms with Crippen molar-refractivity contribution in [2.75, 3.05) is 11.4 Å². The lowest BCUT2D eigenvalue weighted by atomic mass is 10.1. The van der Waals surface area contributed by atoms with Crippen LogP contribution in [0.5, 0.6) is 0 Å². The van der Waals surface area contributed by atoms with E-state index in [9.17, 15) is 5.11 Å². The summed E-state index contributed by atoms with van der Waals surface area (Å²) in [6.45, 7) is 7.34. The number of rotatable bonds is 4. The van der Waals surface area contributed by atoms with Crippen LogP contribution >= 0.6 is 0 Å². The molecule has 0 aromatic heterocycles. The largest absolute Gasteiger partial charge is 0.378 e. The van der Waals surface area contributed by atoms with E-state index < -0.39 is 5.60 Å². The Labute approximate surface area is 133 Å². The quantitative estimate of drug-likeness (QED) is 0.866. The molecule has 0 aliphatic rings. The highest BCUT2D eigenvalue weighted by molar-refractivity contribution is 5.47. The summed E-state index contributed by atoms with van der Waals surface area (Å²) in [7, 11) is 0. The molecule has 0 unspecified atom stereocenters. The maximum absolute atomic E-state index is 9.70. The lowest BCUT2D eigenvalue weighted by Crippen LogP contribution is -2.21. The maximum atomic E-state index is 9.70. The zero-order chi connectivity index (χ0) is 16.0. The van der Waals surface area contributed by atoms with Gasteiger partial charge in [0, 0.05) is 24.3 Å². The van der Waals surface area contributed by atoms with Crippen LogP contribution in [0, 0.1) is 11.8 Å². The Morgan fingerprint density at radius 3 is 2.41 bits per heavy atom. The number of benzene rings is 2. The van der Waals surface area contributed by atoms with Crippen LogP contribution in [0.15, 0.2) is 54.6 Å². The highest BCUT2D eigenvalue weighted by atomic mass is 16.3. The standard InChI is InChI=1S/C20H23NO/c1-4-21(19-11-6-5-7-12-19)16-18-10-8-9-17(15-18)13-14-20(2,3)22/h5-12,15,22H,4,16H2,1-3H3. The number of aliphatic hydroxyl groups is 1. The van der Waals surface area contributed by atoms with Gasteiger partial charge in [0.1, 0.15) is 5.60 Å². The molecule has 2 heteroatoms. The van der Waals surface area contributed by atoms with E-state index in [1.165, 1.54) is 11.3 Å². The normalized spacial score (nSPS) is 10.7. The zero-order valence-corrected chi connectivity index (χ0v) is 13.5. The fourth-order valence-corrected chi connectivity index (χ4v) is 2.22. The van der Waals surface area contributed by atoms with Crippen molar-refractivity contribution in [2.24, 2.45) is 0 Å². The number of hydrogen-bond donors (Lipinski definition) is 1. The molecule has 2 nitrogen and oxygen atoms in total. The van der Waals surface area contributed by atoms with Crippen LogP contribution in [0.1, 0.15) is 31.9 Å². The second-order valence-corrected chi connectivity index (χ2v) is 5.86. The Kier molecular flexibility index (Phi) is 5.25. The molecule has 0 fully saturated rings. The third kappa shape index (κ3) is 4.95. The summed E-state index contributed by atoms with van der Waals surface area (Å²) in [6.07, 6.45) is 0. The summed E-state index contributed by atoms with van der Waals surface area (Å²) in [4.78, 5) is 2.32. The predicted octanol–water partition coefficient (Wildman–Crippen LogP) is 3.84. The predicted molar refractivity (Wildman–Crippen MR) is 92.8 cm³/mol. The Bertz CT molecular complexity index is 659. The highest BCUT2D eigenvalue weighted by Gasteiger charge is 2.07. The summed E-state index contributed by atoms with van der Waals surface area (Å²) in [5.41, 5.74) is 2.41. The zero-order valence-electron chi connectivity index (χ0n) is 13.5. The summed E-state index contributed by atoms with van der Waals surface area (Å²) in [5, 5.41) is 9.70. The number of anilines is 1. The van der Waals surface area contributed by atoms with Gasteiger partial charge in [-0.15, -0.1) is 0 Å². The van der Waals surface area contributed by atoms with Gasteiger partial charge in [0.25, 0.3) is 0 Å². The van der Waals surface area contributed by atoms with E-state index in [-0.39, 0.29) is 0 Å². The summed E-state index contributed by atoms with van der Waals surface area (Å²) < 4.78 is 0. The Hall–Kier alpha value is -2.24. The van der Waals surface area contributed by atoms with Crippen molar-refractivity contribution in [1.82, 2.24) is 0 Å². The lowest BCUT2D eigenvalue weighted by molar-refractivity contribution is 0.143. The van der Waals surface area contributed by atoms with Gasteiger partial charge >= 0.3 is 0 Å². The second-order valence-electron chi connectivity index (χ2n) is 5.86. The van der Waals surface area contributed by atoms with E-state index in [0.717, 1.165) is 18.7 Å². The molecule has 0 saturated heterocycles. The van der Waals surface area contributed by atoms with Gasteiger partial charge in [-0.05, 0) is 50.6 Å². The minimum Gasteiger partial charge on any atom is -0.378 e. The molecule has 114 valence electrons. The van der Waals surface area contributed by atoms with E-state index in [1.54, 1.807) is 13.8 Å². The lowest BCUT2D eigenvalue weighted by Gasteiger charge is -2.23. The summed E-state index contributed by atoms with van der Waals surface area (Å²) in [6, 6.07) is 18.6. The van der Waals surface area contributed by atoms with Crippen molar-refractivity contribution in [2.45, 2.75) is 32.9 Å². The molecule has 22 heavy (non-hydrogen) atoms. The minimum absolute atomic E-state index is 0.846. The van der Waals surface area contributed by atoms with E-state index in [0.29, 0.717) is 0 Å². The number of hydrogen-bond acceptors (Lipinski definition) is 2. The number of para-hydroxylation sites is 1. The first-order valence-corrected chi connectivity index (χ1v) is 7.62. The maximum Gasteiger partial charge on any atom is 0.120 e. The fraction of sp³-hybridized carbons (Fsp3) is 0.300. The molecule has 0 heterocycles. The van der Waals surface area contributed by atoms with Gasteiger partial charge in [-0.1, -0.05) is 42.2 Å². The van der Waals surface area contributed by atoms with Crippen molar-refractivity contribution in [3.63, 3.8) is 0 Å². The first kappa shape index (κ1) is 16.1. The van der Waals surface area contributed by atoms with Gasteiger partial charge in [-0.25, -0.2) is 0 Å². The molecule has 0 spiro atoms. The molecule has 2 rings (SSSR count). The van der Waals surface area contributed by atoms with Gasteiger partial charge in [-0.3, -0.25) is 0 Å². The topological polar surface area (TPSA) is 23.5 Å². The van der Waals surface area contributed by atoms with Gasteiger partial charge in [0.05, 0.1) is 0 Å². The molecule has 0 amide bonds. The molecule has 0 atom stereocenters. The van der Waals surface area contributed by atoms with Gasteiger partial charge in [0.15, 0.2) is 0 Å². The van der Waals surface area contributed by atoms with Crippen LogP contribution in [0.25, 0.3) is 0 Å². The van der Waals surface area contributed by atoms with Crippen molar-refractivity contribution in [3.8, 4) is 11.8 Å². The molecule has 0 bridgehead atoms. The third-order valence-corrected chi connectivity index (χ3v) is 3.32. The van der Waals surface area contributed by atoms with Gasteiger partial charge in [0.2, 0.25) is 0 Å². The first-order chi connectivity index (χ1) is 10.5. The van der Waals surface area contributed by atoms with Crippen LogP contribution in [0.4, 0.5) is 5.69 Å².